The standard InChI is InChI=1S/C22H28FN3O/c1-26(20-11-3-2-4-12-20)16-17-8-5-6-13-21(17)24-15-22(27)25-19-10-7-9-18(23)14-19/h5-10,13-14,20,24H,2-4,11-12,15-16H2,1H3,(H,25,27). The molecule has 0 aliphatic heterocycles. The van der Waals surface area contributed by atoms with Crippen LogP contribution in [0.15, 0.2) is 48.5 Å². The first-order valence-electron chi connectivity index (χ1n) is 9.69. The zero-order valence-corrected chi connectivity index (χ0v) is 15.9. The molecular formula is C22H28FN3O. The molecule has 1 aliphatic carbocycles. The Kier molecular flexibility index (Phi) is 6.82. The molecule has 0 unspecified atom stereocenters. The zero-order valence-electron chi connectivity index (χ0n) is 15.9. The van der Waals surface area contributed by atoms with Crippen LogP contribution in [0.3, 0.4) is 0 Å². The minimum Gasteiger partial charge on any atom is -0.376 e. The van der Waals surface area contributed by atoms with E-state index in [1.807, 2.05) is 18.2 Å². The van der Waals surface area contributed by atoms with Gasteiger partial charge in [-0.15, -0.1) is 0 Å². The molecule has 27 heavy (non-hydrogen) atoms. The summed E-state index contributed by atoms with van der Waals surface area (Å²) in [5.74, 6) is -0.562. The number of anilines is 2. The molecule has 1 amide bonds. The third-order valence-electron chi connectivity index (χ3n) is 5.18. The molecule has 0 aromatic heterocycles. The van der Waals surface area contributed by atoms with Gasteiger partial charge in [0.15, 0.2) is 0 Å². The van der Waals surface area contributed by atoms with Crippen molar-refractivity contribution in [3.63, 3.8) is 0 Å². The second-order valence-corrected chi connectivity index (χ2v) is 7.28. The van der Waals surface area contributed by atoms with Crippen molar-refractivity contribution in [1.82, 2.24) is 4.90 Å². The lowest BCUT2D eigenvalue weighted by molar-refractivity contribution is -0.114. The van der Waals surface area contributed by atoms with Gasteiger partial charge in [-0.1, -0.05) is 43.5 Å². The fourth-order valence-electron chi connectivity index (χ4n) is 3.70. The molecule has 144 valence electrons. The molecule has 2 N–H and O–H groups in total. The van der Waals surface area contributed by atoms with E-state index in [-0.39, 0.29) is 18.3 Å². The number of benzene rings is 2. The smallest absolute Gasteiger partial charge is 0.243 e. The van der Waals surface area contributed by atoms with Gasteiger partial charge in [-0.3, -0.25) is 9.69 Å². The number of rotatable bonds is 7. The molecule has 2 aromatic rings. The van der Waals surface area contributed by atoms with Crippen LogP contribution in [0.2, 0.25) is 0 Å². The summed E-state index contributed by atoms with van der Waals surface area (Å²) in [6, 6.07) is 14.7. The van der Waals surface area contributed by atoms with Crippen LogP contribution in [0.5, 0.6) is 0 Å². The van der Waals surface area contributed by atoms with E-state index in [0.29, 0.717) is 11.7 Å². The predicted octanol–water partition coefficient (Wildman–Crippen LogP) is 4.64. The Morgan fingerprint density at radius 2 is 1.89 bits per heavy atom. The molecule has 0 saturated heterocycles. The second kappa shape index (κ2) is 9.51. The average Bonchev–Trinajstić information content (AvgIpc) is 2.68. The maximum absolute atomic E-state index is 13.2. The molecule has 0 atom stereocenters. The van der Waals surface area contributed by atoms with E-state index in [4.69, 9.17) is 0 Å². The predicted molar refractivity (Wildman–Crippen MR) is 108 cm³/mol. The lowest BCUT2D eigenvalue weighted by atomic mass is 9.94. The number of amides is 1. The van der Waals surface area contributed by atoms with Gasteiger partial charge >= 0.3 is 0 Å². The quantitative estimate of drug-likeness (QED) is 0.747. The maximum Gasteiger partial charge on any atom is 0.243 e. The van der Waals surface area contributed by atoms with E-state index in [1.165, 1.54) is 49.8 Å². The van der Waals surface area contributed by atoms with Crippen LogP contribution in [-0.4, -0.2) is 30.4 Å². The highest BCUT2D eigenvalue weighted by Crippen LogP contribution is 2.24. The van der Waals surface area contributed by atoms with Gasteiger partial charge in [-0.25, -0.2) is 4.39 Å². The van der Waals surface area contributed by atoms with Gasteiger partial charge < -0.3 is 10.6 Å². The number of carbonyl (C=O) groups excluding carboxylic acids is 1. The second-order valence-electron chi connectivity index (χ2n) is 7.28. The molecule has 5 heteroatoms. The van der Waals surface area contributed by atoms with Gasteiger partial charge in [0.2, 0.25) is 5.91 Å². The summed E-state index contributed by atoms with van der Waals surface area (Å²) in [5.41, 5.74) is 2.62. The van der Waals surface area contributed by atoms with Gasteiger partial charge in [-0.05, 0) is 49.7 Å². The molecule has 1 saturated carbocycles. The lowest BCUT2D eigenvalue weighted by Crippen LogP contribution is -2.33. The van der Waals surface area contributed by atoms with Crippen molar-refractivity contribution < 1.29 is 9.18 Å². The fraction of sp³-hybridized carbons (Fsp3) is 0.409. The first-order valence-corrected chi connectivity index (χ1v) is 9.69. The highest BCUT2D eigenvalue weighted by molar-refractivity contribution is 5.93. The van der Waals surface area contributed by atoms with Crippen molar-refractivity contribution in [2.24, 2.45) is 0 Å². The maximum atomic E-state index is 13.2. The van der Waals surface area contributed by atoms with Gasteiger partial charge in [0.25, 0.3) is 0 Å². The highest BCUT2D eigenvalue weighted by atomic mass is 19.1. The third kappa shape index (κ3) is 5.79. The van der Waals surface area contributed by atoms with E-state index in [0.717, 1.165) is 12.2 Å². The third-order valence-corrected chi connectivity index (χ3v) is 5.18. The Morgan fingerprint density at radius 3 is 2.67 bits per heavy atom. The minimum atomic E-state index is -0.364. The number of hydrogen-bond donors (Lipinski definition) is 2. The van der Waals surface area contributed by atoms with Crippen molar-refractivity contribution in [2.75, 3.05) is 24.2 Å². The molecule has 3 rings (SSSR count). The number of hydrogen-bond acceptors (Lipinski definition) is 3. The van der Waals surface area contributed by atoms with Crippen molar-refractivity contribution in [3.8, 4) is 0 Å². The van der Waals surface area contributed by atoms with Crippen molar-refractivity contribution >= 4 is 17.3 Å². The van der Waals surface area contributed by atoms with Crippen LogP contribution >= 0.6 is 0 Å². The summed E-state index contributed by atoms with van der Waals surface area (Å²) < 4.78 is 13.2. The fourth-order valence-corrected chi connectivity index (χ4v) is 3.70. The monoisotopic (exact) mass is 369 g/mol. The molecule has 1 fully saturated rings. The summed E-state index contributed by atoms with van der Waals surface area (Å²) in [5, 5.41) is 5.94. The number of carbonyl (C=O) groups is 1. The van der Waals surface area contributed by atoms with Gasteiger partial charge in [0.05, 0.1) is 6.54 Å². The van der Waals surface area contributed by atoms with Crippen LogP contribution < -0.4 is 10.6 Å². The summed E-state index contributed by atoms with van der Waals surface area (Å²) in [6.07, 6.45) is 6.51. The molecule has 0 bridgehead atoms. The molecule has 4 nitrogen and oxygen atoms in total. The van der Waals surface area contributed by atoms with Crippen molar-refractivity contribution in [1.29, 1.82) is 0 Å². The Labute approximate surface area is 160 Å². The number of nitrogens with zero attached hydrogens (tertiary/aromatic N) is 1. The Morgan fingerprint density at radius 1 is 1.11 bits per heavy atom. The molecule has 0 heterocycles. The number of halogens is 1. The lowest BCUT2D eigenvalue weighted by Gasteiger charge is -2.31. The molecular weight excluding hydrogens is 341 g/mol. The normalized spacial score (nSPS) is 14.9. The molecule has 0 spiro atoms. The summed E-state index contributed by atoms with van der Waals surface area (Å²) >= 11 is 0. The minimum absolute atomic E-state index is 0.140. The molecule has 1 aliphatic rings. The van der Waals surface area contributed by atoms with E-state index < -0.39 is 0 Å². The summed E-state index contributed by atoms with van der Waals surface area (Å²) in [6.45, 7) is 1.00. The van der Waals surface area contributed by atoms with E-state index in [9.17, 15) is 9.18 Å². The number of nitrogens with one attached hydrogen (secondary N) is 2. The van der Waals surface area contributed by atoms with Crippen LogP contribution in [0, 0.1) is 5.82 Å². The Bertz CT molecular complexity index is 759. The first-order chi connectivity index (χ1) is 13.1. The van der Waals surface area contributed by atoms with Gasteiger partial charge in [-0.2, -0.15) is 0 Å². The van der Waals surface area contributed by atoms with E-state index in [2.05, 4.69) is 28.6 Å². The highest BCUT2D eigenvalue weighted by Gasteiger charge is 2.18. The topological polar surface area (TPSA) is 44.4 Å². The van der Waals surface area contributed by atoms with Gasteiger partial charge in [0.1, 0.15) is 5.82 Å². The average molecular weight is 369 g/mol. The molecule has 0 radical (unpaired) electrons. The van der Waals surface area contributed by atoms with Crippen LogP contribution in [0.4, 0.5) is 15.8 Å². The van der Waals surface area contributed by atoms with E-state index >= 15 is 0 Å². The number of para-hydroxylation sites is 1. The Hall–Kier alpha value is -2.40. The van der Waals surface area contributed by atoms with E-state index in [1.54, 1.807) is 12.1 Å². The summed E-state index contributed by atoms with van der Waals surface area (Å²) in [4.78, 5) is 14.6. The van der Waals surface area contributed by atoms with Crippen molar-refractivity contribution in [3.05, 3.63) is 59.9 Å². The van der Waals surface area contributed by atoms with Crippen molar-refractivity contribution in [2.45, 2.75) is 44.7 Å². The SMILES string of the molecule is CN(Cc1ccccc1NCC(=O)Nc1cccc(F)c1)C1CCCCC1. The van der Waals surface area contributed by atoms with Crippen LogP contribution in [-0.2, 0) is 11.3 Å². The summed E-state index contributed by atoms with van der Waals surface area (Å²) in [7, 11) is 2.18. The Balaban J connectivity index is 1.56. The van der Waals surface area contributed by atoms with Gasteiger partial charge in [0, 0.05) is 24.0 Å². The van der Waals surface area contributed by atoms with Crippen LogP contribution in [0.1, 0.15) is 37.7 Å². The zero-order chi connectivity index (χ0) is 19.1. The first kappa shape index (κ1) is 19.4. The molecule has 2 aromatic carbocycles. The van der Waals surface area contributed by atoms with Crippen LogP contribution in [0.25, 0.3) is 0 Å². The largest absolute Gasteiger partial charge is 0.376 e.